The normalized spacial score (nSPS) is 11.2. The highest BCUT2D eigenvalue weighted by molar-refractivity contribution is 5.78. The Morgan fingerprint density at radius 1 is 1.05 bits per heavy atom. The Morgan fingerprint density at radius 2 is 1.75 bits per heavy atom. The number of halogens is 4. The Labute approximate surface area is 111 Å². The molecule has 0 atom stereocenters. The van der Waals surface area contributed by atoms with Crippen LogP contribution in [-0.2, 0) is 6.18 Å². The third-order valence-corrected chi connectivity index (χ3v) is 2.52. The number of carbonyl (C=O) groups is 1. The average molecular weight is 284 g/mol. The molecule has 2 nitrogen and oxygen atoms in total. The summed E-state index contributed by atoms with van der Waals surface area (Å²) < 4.78 is 56.6. The van der Waals surface area contributed by atoms with Gasteiger partial charge in [-0.2, -0.15) is 13.2 Å². The Bertz CT molecular complexity index is 635. The van der Waals surface area contributed by atoms with Crippen LogP contribution < -0.4 is 4.74 Å². The van der Waals surface area contributed by atoms with E-state index >= 15 is 0 Å². The fourth-order valence-electron chi connectivity index (χ4n) is 1.60. The molecule has 0 spiro atoms. The van der Waals surface area contributed by atoms with Gasteiger partial charge in [0.25, 0.3) is 0 Å². The van der Waals surface area contributed by atoms with Gasteiger partial charge in [-0.05, 0) is 30.3 Å². The van der Waals surface area contributed by atoms with Crippen molar-refractivity contribution in [2.75, 3.05) is 0 Å². The van der Waals surface area contributed by atoms with E-state index in [4.69, 9.17) is 4.74 Å². The minimum absolute atomic E-state index is 0.107. The SMILES string of the molecule is O=Cc1ccc(Oc2ccccc2F)cc1C(F)(F)F. The minimum Gasteiger partial charge on any atom is -0.454 e. The minimum atomic E-state index is -4.69. The van der Waals surface area contributed by atoms with Crippen LogP contribution in [0.25, 0.3) is 0 Å². The molecule has 2 aromatic carbocycles. The van der Waals surface area contributed by atoms with Gasteiger partial charge >= 0.3 is 6.18 Å². The Hall–Kier alpha value is -2.37. The van der Waals surface area contributed by atoms with E-state index in [0.29, 0.717) is 6.07 Å². The van der Waals surface area contributed by atoms with E-state index in [0.717, 1.165) is 12.1 Å². The maximum absolute atomic E-state index is 13.4. The Morgan fingerprint density at radius 3 is 2.35 bits per heavy atom. The number of rotatable bonds is 3. The van der Waals surface area contributed by atoms with Crippen molar-refractivity contribution in [1.29, 1.82) is 0 Å². The van der Waals surface area contributed by atoms with Crippen molar-refractivity contribution in [2.45, 2.75) is 6.18 Å². The molecule has 0 aromatic heterocycles. The highest BCUT2D eigenvalue weighted by Crippen LogP contribution is 2.35. The predicted molar refractivity (Wildman–Crippen MR) is 63.3 cm³/mol. The molecule has 2 aromatic rings. The number of ether oxygens (including phenoxy) is 1. The molecule has 104 valence electrons. The summed E-state index contributed by atoms with van der Waals surface area (Å²) >= 11 is 0. The molecule has 0 bridgehead atoms. The van der Waals surface area contributed by atoms with Gasteiger partial charge in [0.15, 0.2) is 17.9 Å². The van der Waals surface area contributed by atoms with E-state index in [1.807, 2.05) is 0 Å². The van der Waals surface area contributed by atoms with Crippen LogP contribution in [-0.4, -0.2) is 6.29 Å². The van der Waals surface area contributed by atoms with Gasteiger partial charge in [0.2, 0.25) is 0 Å². The standard InChI is InChI=1S/C14H8F4O2/c15-12-3-1-2-4-13(12)20-10-6-5-9(8-19)11(7-10)14(16,17)18/h1-8H. The molecule has 0 aliphatic carbocycles. The molecule has 0 aliphatic rings. The fourth-order valence-corrected chi connectivity index (χ4v) is 1.60. The van der Waals surface area contributed by atoms with Crippen LogP contribution in [0.15, 0.2) is 42.5 Å². The first kappa shape index (κ1) is 14.0. The molecular formula is C14H8F4O2. The van der Waals surface area contributed by atoms with E-state index in [1.54, 1.807) is 0 Å². The molecule has 0 fully saturated rings. The predicted octanol–water partition coefficient (Wildman–Crippen LogP) is 4.45. The molecular weight excluding hydrogens is 276 g/mol. The van der Waals surface area contributed by atoms with Gasteiger partial charge in [-0.1, -0.05) is 12.1 Å². The number of aldehydes is 1. The van der Waals surface area contributed by atoms with Gasteiger partial charge in [-0.15, -0.1) is 0 Å². The van der Waals surface area contributed by atoms with Gasteiger partial charge in [0.1, 0.15) is 5.75 Å². The number of carbonyl (C=O) groups excluding carboxylic acids is 1. The highest BCUT2D eigenvalue weighted by atomic mass is 19.4. The molecule has 0 amide bonds. The summed E-state index contributed by atoms with van der Waals surface area (Å²) in [5.74, 6) is -1.09. The lowest BCUT2D eigenvalue weighted by Gasteiger charge is -2.12. The van der Waals surface area contributed by atoms with Crippen LogP contribution in [0, 0.1) is 5.82 Å². The van der Waals surface area contributed by atoms with Gasteiger partial charge in [-0.25, -0.2) is 4.39 Å². The molecule has 0 N–H and O–H groups in total. The lowest BCUT2D eigenvalue weighted by Crippen LogP contribution is -2.09. The van der Waals surface area contributed by atoms with Crippen LogP contribution in [0.2, 0.25) is 0 Å². The van der Waals surface area contributed by atoms with Crippen LogP contribution in [0.3, 0.4) is 0 Å². The van der Waals surface area contributed by atoms with Crippen LogP contribution in [0.1, 0.15) is 15.9 Å². The molecule has 20 heavy (non-hydrogen) atoms. The number of alkyl halides is 3. The first-order chi connectivity index (χ1) is 9.41. The quantitative estimate of drug-likeness (QED) is 0.615. The highest BCUT2D eigenvalue weighted by Gasteiger charge is 2.33. The summed E-state index contributed by atoms with van der Waals surface area (Å²) in [6.07, 6.45) is -4.58. The molecule has 0 saturated heterocycles. The number of hydrogen-bond acceptors (Lipinski definition) is 2. The van der Waals surface area contributed by atoms with Crippen molar-refractivity contribution in [3.63, 3.8) is 0 Å². The topological polar surface area (TPSA) is 26.3 Å². The summed E-state index contributed by atoms with van der Waals surface area (Å²) in [7, 11) is 0. The maximum atomic E-state index is 13.4. The molecule has 0 radical (unpaired) electrons. The van der Waals surface area contributed by atoms with Gasteiger partial charge in [0.05, 0.1) is 5.56 Å². The second kappa shape index (κ2) is 5.32. The monoisotopic (exact) mass is 284 g/mol. The van der Waals surface area contributed by atoms with Crippen molar-refractivity contribution in [2.24, 2.45) is 0 Å². The average Bonchev–Trinajstić information content (AvgIpc) is 2.40. The van der Waals surface area contributed by atoms with Crippen molar-refractivity contribution in [3.05, 3.63) is 59.4 Å². The van der Waals surface area contributed by atoms with Crippen LogP contribution in [0.4, 0.5) is 17.6 Å². The van der Waals surface area contributed by atoms with E-state index in [1.165, 1.54) is 24.3 Å². The Balaban J connectivity index is 2.40. The largest absolute Gasteiger partial charge is 0.454 e. The number of para-hydroxylation sites is 1. The smallest absolute Gasteiger partial charge is 0.417 e. The first-order valence-corrected chi connectivity index (χ1v) is 5.50. The number of hydrogen-bond donors (Lipinski definition) is 0. The van der Waals surface area contributed by atoms with Crippen molar-refractivity contribution < 1.29 is 27.1 Å². The zero-order valence-corrected chi connectivity index (χ0v) is 9.95. The summed E-state index contributed by atoms with van der Waals surface area (Å²) in [6, 6.07) is 8.14. The maximum Gasteiger partial charge on any atom is 0.417 e. The fraction of sp³-hybridized carbons (Fsp3) is 0.0714. The van der Waals surface area contributed by atoms with Gasteiger partial charge < -0.3 is 4.74 Å². The van der Waals surface area contributed by atoms with Gasteiger partial charge in [-0.3, -0.25) is 4.79 Å². The third-order valence-electron chi connectivity index (χ3n) is 2.52. The van der Waals surface area contributed by atoms with E-state index < -0.39 is 23.1 Å². The van der Waals surface area contributed by atoms with E-state index in [-0.39, 0.29) is 17.8 Å². The lowest BCUT2D eigenvalue weighted by atomic mass is 10.1. The van der Waals surface area contributed by atoms with Crippen LogP contribution in [0.5, 0.6) is 11.5 Å². The molecule has 0 unspecified atom stereocenters. The molecule has 2 rings (SSSR count). The van der Waals surface area contributed by atoms with E-state index in [9.17, 15) is 22.4 Å². The zero-order chi connectivity index (χ0) is 14.8. The third kappa shape index (κ3) is 2.96. The van der Waals surface area contributed by atoms with Crippen molar-refractivity contribution >= 4 is 6.29 Å². The summed E-state index contributed by atoms with van der Waals surface area (Å²) in [4.78, 5) is 10.6. The molecule has 6 heteroatoms. The number of benzene rings is 2. The van der Waals surface area contributed by atoms with Crippen LogP contribution >= 0.6 is 0 Å². The lowest BCUT2D eigenvalue weighted by molar-refractivity contribution is -0.137. The van der Waals surface area contributed by atoms with Crippen molar-refractivity contribution in [1.82, 2.24) is 0 Å². The zero-order valence-electron chi connectivity index (χ0n) is 9.95. The first-order valence-electron chi connectivity index (χ1n) is 5.50. The van der Waals surface area contributed by atoms with Gasteiger partial charge in [0, 0.05) is 5.56 Å². The molecule has 0 saturated carbocycles. The Kier molecular flexibility index (Phi) is 3.74. The summed E-state index contributed by atoms with van der Waals surface area (Å²) in [6.45, 7) is 0. The molecule has 0 heterocycles. The second-order valence-electron chi connectivity index (χ2n) is 3.90. The summed E-state index contributed by atoms with van der Waals surface area (Å²) in [5.41, 5.74) is -1.63. The van der Waals surface area contributed by atoms with Crippen molar-refractivity contribution in [3.8, 4) is 11.5 Å². The second-order valence-corrected chi connectivity index (χ2v) is 3.90. The van der Waals surface area contributed by atoms with E-state index in [2.05, 4.69) is 0 Å². The summed E-state index contributed by atoms with van der Waals surface area (Å²) in [5, 5.41) is 0. The molecule has 0 aliphatic heterocycles.